The number of halogens is 3. The fraction of sp³-hybridized carbons (Fsp3) is 0. The van der Waals surface area contributed by atoms with Crippen LogP contribution in [0.3, 0.4) is 0 Å². The Kier molecular flexibility index (Phi) is 4.59. The Morgan fingerprint density at radius 3 is 2.45 bits per heavy atom. The van der Waals surface area contributed by atoms with Crippen molar-refractivity contribution in [3.05, 3.63) is 71.1 Å². The van der Waals surface area contributed by atoms with Crippen LogP contribution < -0.4 is 5.32 Å². The Morgan fingerprint density at radius 2 is 1.82 bits per heavy atom. The zero-order valence-corrected chi connectivity index (χ0v) is 11.1. The van der Waals surface area contributed by atoms with E-state index in [9.17, 15) is 18.0 Å². The van der Waals surface area contributed by atoms with Crippen LogP contribution in [0.15, 0.2) is 48.0 Å². The zero-order valence-electron chi connectivity index (χ0n) is 11.1. The number of carbonyl (C=O) groups excluding carboxylic acids is 1. The second-order valence-corrected chi connectivity index (χ2v) is 4.30. The number of benzene rings is 2. The van der Waals surface area contributed by atoms with Crippen molar-refractivity contribution in [3.63, 3.8) is 0 Å². The van der Waals surface area contributed by atoms with E-state index in [0.717, 1.165) is 18.2 Å². The maximum atomic E-state index is 13.5. The molecule has 3 nitrogen and oxygen atoms in total. The van der Waals surface area contributed by atoms with E-state index >= 15 is 0 Å². The molecule has 0 aliphatic rings. The maximum Gasteiger partial charge on any atom is 0.266 e. The van der Waals surface area contributed by atoms with Gasteiger partial charge in [0.25, 0.3) is 5.91 Å². The molecule has 0 aliphatic heterocycles. The van der Waals surface area contributed by atoms with Crippen LogP contribution in [0, 0.1) is 28.8 Å². The van der Waals surface area contributed by atoms with Crippen LogP contribution in [0.4, 0.5) is 18.9 Å². The standard InChI is InChI=1S/C16H9F3N2O/c17-12-3-1-2-10(7-12)6-11(9-20)16(22)21-15-5-4-13(18)8-14(15)19/h1-8H,(H,21,22)/b11-6+. The molecule has 0 radical (unpaired) electrons. The van der Waals surface area contributed by atoms with Crippen LogP contribution in [0.2, 0.25) is 0 Å². The lowest BCUT2D eigenvalue weighted by molar-refractivity contribution is -0.112. The van der Waals surface area contributed by atoms with Crippen molar-refractivity contribution in [2.45, 2.75) is 0 Å². The van der Waals surface area contributed by atoms with Crippen molar-refractivity contribution < 1.29 is 18.0 Å². The number of nitriles is 1. The summed E-state index contributed by atoms with van der Waals surface area (Å²) in [5.41, 5.74) is -0.285. The quantitative estimate of drug-likeness (QED) is 0.695. The van der Waals surface area contributed by atoms with Crippen LogP contribution in [0.1, 0.15) is 5.56 Å². The average molecular weight is 302 g/mol. The first-order valence-corrected chi connectivity index (χ1v) is 6.13. The normalized spacial score (nSPS) is 10.9. The highest BCUT2D eigenvalue weighted by molar-refractivity contribution is 6.09. The Morgan fingerprint density at radius 1 is 1.09 bits per heavy atom. The molecule has 0 bridgehead atoms. The van der Waals surface area contributed by atoms with Crippen molar-refractivity contribution in [3.8, 4) is 6.07 Å². The molecular weight excluding hydrogens is 293 g/mol. The SMILES string of the molecule is N#C/C(=C\c1cccc(F)c1)C(=O)Nc1ccc(F)cc1F. The molecule has 0 aliphatic carbocycles. The molecule has 2 aromatic carbocycles. The fourth-order valence-electron chi connectivity index (χ4n) is 1.69. The van der Waals surface area contributed by atoms with Gasteiger partial charge in [-0.25, -0.2) is 13.2 Å². The van der Waals surface area contributed by atoms with E-state index in [1.807, 2.05) is 0 Å². The van der Waals surface area contributed by atoms with Gasteiger partial charge in [0.15, 0.2) is 0 Å². The summed E-state index contributed by atoms with van der Waals surface area (Å²) in [5, 5.41) is 11.2. The van der Waals surface area contributed by atoms with Crippen molar-refractivity contribution in [2.75, 3.05) is 5.32 Å². The third kappa shape index (κ3) is 3.73. The van der Waals surface area contributed by atoms with E-state index in [-0.39, 0.29) is 11.3 Å². The summed E-state index contributed by atoms with van der Waals surface area (Å²) in [6.45, 7) is 0. The van der Waals surface area contributed by atoms with Gasteiger partial charge in [-0.05, 0) is 35.9 Å². The van der Waals surface area contributed by atoms with E-state index in [1.165, 1.54) is 24.3 Å². The number of hydrogen-bond acceptors (Lipinski definition) is 2. The molecule has 0 fully saturated rings. The molecule has 1 N–H and O–H groups in total. The van der Waals surface area contributed by atoms with Gasteiger partial charge in [-0.15, -0.1) is 0 Å². The van der Waals surface area contributed by atoms with Gasteiger partial charge in [0.2, 0.25) is 0 Å². The number of hydrogen-bond donors (Lipinski definition) is 1. The van der Waals surface area contributed by atoms with Gasteiger partial charge >= 0.3 is 0 Å². The number of rotatable bonds is 3. The highest BCUT2D eigenvalue weighted by Crippen LogP contribution is 2.16. The maximum absolute atomic E-state index is 13.5. The molecule has 0 heterocycles. The zero-order chi connectivity index (χ0) is 16.1. The smallest absolute Gasteiger partial charge is 0.266 e. The predicted molar refractivity (Wildman–Crippen MR) is 75.0 cm³/mol. The van der Waals surface area contributed by atoms with Crippen molar-refractivity contribution >= 4 is 17.7 Å². The van der Waals surface area contributed by atoms with Gasteiger partial charge in [0.1, 0.15) is 29.1 Å². The highest BCUT2D eigenvalue weighted by atomic mass is 19.1. The minimum Gasteiger partial charge on any atom is -0.319 e. The number of anilines is 1. The molecule has 22 heavy (non-hydrogen) atoms. The summed E-state index contributed by atoms with van der Waals surface area (Å²) in [5.74, 6) is -3.14. The Balaban J connectivity index is 2.24. The first kappa shape index (κ1) is 15.3. The lowest BCUT2D eigenvalue weighted by Gasteiger charge is -2.05. The number of amides is 1. The second-order valence-electron chi connectivity index (χ2n) is 4.30. The molecule has 0 aromatic heterocycles. The van der Waals surface area contributed by atoms with E-state index < -0.39 is 23.4 Å². The van der Waals surface area contributed by atoms with Crippen LogP contribution in [-0.2, 0) is 4.79 Å². The first-order valence-electron chi connectivity index (χ1n) is 6.13. The van der Waals surface area contributed by atoms with Gasteiger partial charge in [0.05, 0.1) is 5.69 Å². The minimum absolute atomic E-state index is 0.258. The van der Waals surface area contributed by atoms with Gasteiger partial charge in [0, 0.05) is 6.07 Å². The van der Waals surface area contributed by atoms with Gasteiger partial charge in [-0.1, -0.05) is 12.1 Å². The van der Waals surface area contributed by atoms with E-state index in [4.69, 9.17) is 5.26 Å². The summed E-state index contributed by atoms with van der Waals surface area (Å²) in [6.07, 6.45) is 1.17. The molecule has 0 saturated carbocycles. The largest absolute Gasteiger partial charge is 0.319 e. The number of carbonyl (C=O) groups is 1. The molecule has 0 spiro atoms. The third-order valence-corrected chi connectivity index (χ3v) is 2.70. The second kappa shape index (κ2) is 6.59. The van der Waals surface area contributed by atoms with Gasteiger partial charge in [-0.2, -0.15) is 5.26 Å². The molecule has 110 valence electrons. The molecule has 0 atom stereocenters. The van der Waals surface area contributed by atoms with Gasteiger partial charge < -0.3 is 5.32 Å². The van der Waals surface area contributed by atoms with Crippen LogP contribution in [-0.4, -0.2) is 5.91 Å². The lowest BCUT2D eigenvalue weighted by atomic mass is 10.1. The predicted octanol–water partition coefficient (Wildman–Crippen LogP) is 3.65. The topological polar surface area (TPSA) is 52.9 Å². The third-order valence-electron chi connectivity index (χ3n) is 2.70. The molecule has 0 saturated heterocycles. The van der Waals surface area contributed by atoms with E-state index in [1.54, 1.807) is 6.07 Å². The summed E-state index contributed by atoms with van der Waals surface area (Å²) in [4.78, 5) is 11.9. The summed E-state index contributed by atoms with van der Waals surface area (Å²) in [7, 11) is 0. The molecule has 6 heteroatoms. The van der Waals surface area contributed by atoms with Crippen LogP contribution >= 0.6 is 0 Å². The number of nitrogens with zero attached hydrogens (tertiary/aromatic N) is 1. The molecule has 2 rings (SSSR count). The monoisotopic (exact) mass is 302 g/mol. The van der Waals surface area contributed by atoms with Crippen LogP contribution in [0.5, 0.6) is 0 Å². The molecule has 1 amide bonds. The summed E-state index contributed by atoms with van der Waals surface area (Å²) >= 11 is 0. The minimum atomic E-state index is -0.962. The molecular formula is C16H9F3N2O. The van der Waals surface area contributed by atoms with Crippen molar-refractivity contribution in [1.29, 1.82) is 5.26 Å². The van der Waals surface area contributed by atoms with E-state index in [2.05, 4.69) is 5.32 Å². The van der Waals surface area contributed by atoms with Gasteiger partial charge in [-0.3, -0.25) is 4.79 Å². The highest BCUT2D eigenvalue weighted by Gasteiger charge is 2.12. The molecule has 2 aromatic rings. The van der Waals surface area contributed by atoms with Crippen molar-refractivity contribution in [1.82, 2.24) is 0 Å². The van der Waals surface area contributed by atoms with Crippen molar-refractivity contribution in [2.24, 2.45) is 0 Å². The Labute approximate surface area is 124 Å². The lowest BCUT2D eigenvalue weighted by Crippen LogP contribution is -2.14. The van der Waals surface area contributed by atoms with Crippen LogP contribution in [0.25, 0.3) is 6.08 Å². The average Bonchev–Trinajstić information content (AvgIpc) is 2.47. The number of nitrogens with one attached hydrogen (secondary N) is 1. The molecule has 0 unspecified atom stereocenters. The Bertz CT molecular complexity index is 794. The summed E-state index contributed by atoms with van der Waals surface area (Å²) in [6, 6.07) is 9.57. The first-order chi connectivity index (χ1) is 10.5. The Hall–Kier alpha value is -3.07. The fourth-order valence-corrected chi connectivity index (χ4v) is 1.69. The summed E-state index contributed by atoms with van der Waals surface area (Å²) < 4.78 is 39.3. The van der Waals surface area contributed by atoms with E-state index in [0.29, 0.717) is 11.6 Å².